The summed E-state index contributed by atoms with van der Waals surface area (Å²) in [7, 11) is 1.62. The lowest BCUT2D eigenvalue weighted by Gasteiger charge is -2.24. The molecule has 0 atom stereocenters. The van der Waals surface area contributed by atoms with Crippen LogP contribution in [0.25, 0.3) is 0 Å². The number of ketones is 1. The fraction of sp³-hybridized carbons (Fsp3) is 0.417. The SMILES string of the molecule is COc1ccc2c(c1)C(=O)C1(CC1)CN2. The number of nitrogens with one attached hydrogen (secondary N) is 1. The molecule has 3 heteroatoms. The summed E-state index contributed by atoms with van der Waals surface area (Å²) < 4.78 is 5.14. The minimum atomic E-state index is -0.0840. The van der Waals surface area contributed by atoms with E-state index in [1.807, 2.05) is 18.2 Å². The van der Waals surface area contributed by atoms with Gasteiger partial charge in [-0.25, -0.2) is 0 Å². The highest BCUT2D eigenvalue weighted by molar-refractivity contribution is 6.08. The number of methoxy groups -OCH3 is 1. The van der Waals surface area contributed by atoms with Gasteiger partial charge in [-0.15, -0.1) is 0 Å². The number of anilines is 1. The minimum Gasteiger partial charge on any atom is -0.497 e. The molecule has 3 nitrogen and oxygen atoms in total. The number of hydrogen-bond acceptors (Lipinski definition) is 3. The number of carbonyl (C=O) groups excluding carboxylic acids is 1. The first-order valence-corrected chi connectivity index (χ1v) is 5.22. The van der Waals surface area contributed by atoms with Gasteiger partial charge in [0.15, 0.2) is 5.78 Å². The largest absolute Gasteiger partial charge is 0.497 e. The van der Waals surface area contributed by atoms with Crippen LogP contribution in [-0.2, 0) is 0 Å². The smallest absolute Gasteiger partial charge is 0.172 e. The third kappa shape index (κ3) is 1.16. The van der Waals surface area contributed by atoms with Crippen LogP contribution in [0.2, 0.25) is 0 Å². The van der Waals surface area contributed by atoms with E-state index >= 15 is 0 Å². The van der Waals surface area contributed by atoms with Crippen LogP contribution in [0.15, 0.2) is 18.2 Å². The molecule has 15 heavy (non-hydrogen) atoms. The van der Waals surface area contributed by atoms with E-state index in [9.17, 15) is 4.79 Å². The zero-order chi connectivity index (χ0) is 10.5. The summed E-state index contributed by atoms with van der Waals surface area (Å²) in [5.74, 6) is 1.04. The maximum absolute atomic E-state index is 12.2. The molecule has 0 aromatic heterocycles. The lowest BCUT2D eigenvalue weighted by molar-refractivity contribution is 0.0903. The molecule has 0 amide bonds. The Balaban J connectivity index is 2.08. The van der Waals surface area contributed by atoms with Gasteiger partial charge in [0.25, 0.3) is 0 Å². The lowest BCUT2D eigenvalue weighted by atomic mass is 9.90. The monoisotopic (exact) mass is 203 g/mol. The van der Waals surface area contributed by atoms with E-state index in [1.165, 1.54) is 0 Å². The number of hydrogen-bond donors (Lipinski definition) is 1. The lowest BCUT2D eigenvalue weighted by Crippen LogP contribution is -2.31. The Morgan fingerprint density at radius 3 is 2.87 bits per heavy atom. The third-order valence-corrected chi connectivity index (χ3v) is 3.42. The molecule has 1 saturated carbocycles. The Morgan fingerprint density at radius 2 is 2.20 bits per heavy atom. The summed E-state index contributed by atoms with van der Waals surface area (Å²) in [5, 5.41) is 3.32. The highest BCUT2D eigenvalue weighted by Gasteiger charge is 2.52. The highest BCUT2D eigenvalue weighted by Crippen LogP contribution is 2.51. The zero-order valence-corrected chi connectivity index (χ0v) is 8.67. The van der Waals surface area contributed by atoms with Crippen LogP contribution in [0, 0.1) is 5.41 Å². The van der Waals surface area contributed by atoms with E-state index in [-0.39, 0.29) is 11.2 Å². The Bertz CT molecular complexity index is 435. The summed E-state index contributed by atoms with van der Waals surface area (Å²) in [6.45, 7) is 0.797. The molecule has 1 aromatic rings. The molecule has 3 rings (SSSR count). The molecule has 0 bridgehead atoms. The van der Waals surface area contributed by atoms with Crippen molar-refractivity contribution in [2.75, 3.05) is 19.0 Å². The predicted molar refractivity (Wildman–Crippen MR) is 57.5 cm³/mol. The number of benzene rings is 1. The van der Waals surface area contributed by atoms with Crippen LogP contribution in [0.1, 0.15) is 23.2 Å². The van der Waals surface area contributed by atoms with E-state index in [2.05, 4.69) is 5.32 Å². The van der Waals surface area contributed by atoms with Gasteiger partial charge in [0.2, 0.25) is 0 Å². The molecule has 0 unspecified atom stereocenters. The average Bonchev–Trinajstić information content (AvgIpc) is 3.05. The summed E-state index contributed by atoms with van der Waals surface area (Å²) in [4.78, 5) is 12.2. The van der Waals surface area contributed by atoms with Gasteiger partial charge in [-0.05, 0) is 31.0 Å². The van der Waals surface area contributed by atoms with E-state index in [0.717, 1.165) is 36.4 Å². The Morgan fingerprint density at radius 1 is 1.40 bits per heavy atom. The number of Topliss-reactive ketones (excluding diaryl/α,β-unsaturated/α-hetero) is 1. The van der Waals surface area contributed by atoms with Crippen LogP contribution in [0.4, 0.5) is 5.69 Å². The summed E-state index contributed by atoms with van der Waals surface area (Å²) in [5.41, 5.74) is 1.65. The van der Waals surface area contributed by atoms with Gasteiger partial charge < -0.3 is 10.1 Å². The second kappa shape index (κ2) is 2.75. The molecule has 1 aliphatic heterocycles. The second-order valence-electron chi connectivity index (χ2n) is 4.37. The van der Waals surface area contributed by atoms with E-state index < -0.39 is 0 Å². The van der Waals surface area contributed by atoms with Gasteiger partial charge >= 0.3 is 0 Å². The van der Waals surface area contributed by atoms with Crippen molar-refractivity contribution in [1.82, 2.24) is 0 Å². The van der Waals surface area contributed by atoms with E-state index in [4.69, 9.17) is 4.74 Å². The van der Waals surface area contributed by atoms with Crippen LogP contribution in [0.3, 0.4) is 0 Å². The normalized spacial score (nSPS) is 20.7. The fourth-order valence-corrected chi connectivity index (χ4v) is 2.18. The van der Waals surface area contributed by atoms with Crippen molar-refractivity contribution >= 4 is 11.5 Å². The van der Waals surface area contributed by atoms with Crippen molar-refractivity contribution in [2.45, 2.75) is 12.8 Å². The minimum absolute atomic E-state index is 0.0840. The predicted octanol–water partition coefficient (Wildman–Crippen LogP) is 2.08. The molecule has 0 radical (unpaired) electrons. The molecule has 1 aliphatic carbocycles. The van der Waals surface area contributed by atoms with E-state index in [1.54, 1.807) is 7.11 Å². The van der Waals surface area contributed by atoms with Gasteiger partial charge in [0.1, 0.15) is 5.75 Å². The number of ether oxygens (including phenoxy) is 1. The first kappa shape index (κ1) is 8.77. The van der Waals surface area contributed by atoms with Crippen molar-refractivity contribution in [2.24, 2.45) is 5.41 Å². The maximum Gasteiger partial charge on any atom is 0.172 e. The molecular weight excluding hydrogens is 190 g/mol. The van der Waals surface area contributed by atoms with Crippen molar-refractivity contribution in [3.8, 4) is 5.75 Å². The zero-order valence-electron chi connectivity index (χ0n) is 8.67. The Kier molecular flexibility index (Phi) is 1.61. The first-order valence-electron chi connectivity index (χ1n) is 5.22. The highest BCUT2D eigenvalue weighted by atomic mass is 16.5. The first-order chi connectivity index (χ1) is 7.25. The van der Waals surface area contributed by atoms with E-state index in [0.29, 0.717) is 0 Å². The average molecular weight is 203 g/mol. The molecule has 2 aliphatic rings. The third-order valence-electron chi connectivity index (χ3n) is 3.42. The molecule has 1 N–H and O–H groups in total. The molecule has 1 aromatic carbocycles. The quantitative estimate of drug-likeness (QED) is 0.759. The number of rotatable bonds is 1. The van der Waals surface area contributed by atoms with Crippen LogP contribution in [0.5, 0.6) is 5.75 Å². The topological polar surface area (TPSA) is 38.3 Å². The molecule has 1 fully saturated rings. The van der Waals surface area contributed by atoms with Gasteiger partial charge in [0, 0.05) is 17.8 Å². The molecule has 1 heterocycles. The van der Waals surface area contributed by atoms with Gasteiger partial charge in [-0.3, -0.25) is 4.79 Å². The second-order valence-corrected chi connectivity index (χ2v) is 4.37. The van der Waals surface area contributed by atoms with Gasteiger partial charge in [-0.2, -0.15) is 0 Å². The molecule has 1 spiro atoms. The van der Waals surface area contributed by atoms with Crippen molar-refractivity contribution in [1.29, 1.82) is 0 Å². The van der Waals surface area contributed by atoms with Crippen molar-refractivity contribution in [3.63, 3.8) is 0 Å². The Hall–Kier alpha value is -1.51. The fourth-order valence-electron chi connectivity index (χ4n) is 2.18. The maximum atomic E-state index is 12.2. The number of fused-ring (bicyclic) bond motifs is 1. The molecule has 78 valence electrons. The van der Waals surface area contributed by atoms with Crippen molar-refractivity contribution < 1.29 is 9.53 Å². The van der Waals surface area contributed by atoms with Crippen LogP contribution < -0.4 is 10.1 Å². The van der Waals surface area contributed by atoms with Gasteiger partial charge in [0.05, 0.1) is 12.5 Å². The molecular formula is C12H13NO2. The van der Waals surface area contributed by atoms with Crippen LogP contribution >= 0.6 is 0 Å². The number of carbonyl (C=O) groups is 1. The summed E-state index contributed by atoms with van der Waals surface area (Å²) in [6.07, 6.45) is 2.05. The summed E-state index contributed by atoms with van der Waals surface area (Å²) >= 11 is 0. The van der Waals surface area contributed by atoms with Crippen molar-refractivity contribution in [3.05, 3.63) is 23.8 Å². The van der Waals surface area contributed by atoms with Gasteiger partial charge in [-0.1, -0.05) is 0 Å². The van der Waals surface area contributed by atoms with Crippen LogP contribution in [-0.4, -0.2) is 19.4 Å². The molecule has 0 saturated heterocycles. The standard InChI is InChI=1S/C12H13NO2/c1-15-8-2-3-10-9(6-8)11(14)12(4-5-12)7-13-10/h2-3,6,13H,4-5,7H2,1H3. The Labute approximate surface area is 88.4 Å². The summed E-state index contributed by atoms with van der Waals surface area (Å²) in [6, 6.07) is 5.63.